The molecule has 0 spiro atoms. The number of barbiturate groups is 1. The molecule has 0 bridgehead atoms. The fraction of sp³-hybridized carbons (Fsp3) is 0.0741. The zero-order valence-electron chi connectivity index (χ0n) is 18.4. The molecule has 174 valence electrons. The van der Waals surface area contributed by atoms with E-state index in [0.717, 1.165) is 21.2 Å². The van der Waals surface area contributed by atoms with Gasteiger partial charge in [-0.3, -0.25) is 19.8 Å². The highest BCUT2D eigenvalue weighted by atomic mass is 35.5. The summed E-state index contributed by atoms with van der Waals surface area (Å²) < 4.78 is 11.4. The fourth-order valence-corrected chi connectivity index (χ4v) is 4.05. The Morgan fingerprint density at radius 3 is 2.54 bits per heavy atom. The van der Waals surface area contributed by atoms with E-state index in [1.54, 1.807) is 24.3 Å². The molecule has 35 heavy (non-hydrogen) atoms. The SMILES string of the molecule is O=C1NC(=O)N(Cc2ccco2)C(=O)C1=Cc1c(OCc2ccccc2Cl)ccc2ccccc12. The zero-order valence-corrected chi connectivity index (χ0v) is 19.1. The van der Waals surface area contributed by atoms with Crippen molar-refractivity contribution in [2.45, 2.75) is 13.2 Å². The topological polar surface area (TPSA) is 88.9 Å². The number of amides is 4. The Morgan fingerprint density at radius 1 is 0.943 bits per heavy atom. The fourth-order valence-electron chi connectivity index (χ4n) is 3.86. The van der Waals surface area contributed by atoms with Crippen molar-refractivity contribution >= 4 is 46.3 Å². The van der Waals surface area contributed by atoms with E-state index in [-0.39, 0.29) is 18.7 Å². The van der Waals surface area contributed by atoms with Crippen LogP contribution >= 0.6 is 11.6 Å². The maximum Gasteiger partial charge on any atom is 0.331 e. The molecular weight excluding hydrogens is 468 g/mol. The van der Waals surface area contributed by atoms with Crippen LogP contribution < -0.4 is 10.1 Å². The first-order valence-corrected chi connectivity index (χ1v) is 11.2. The number of halogens is 1. The first-order chi connectivity index (χ1) is 17.0. The molecule has 7 nitrogen and oxygen atoms in total. The van der Waals surface area contributed by atoms with E-state index in [1.807, 2.05) is 48.5 Å². The third-order valence-corrected chi connectivity index (χ3v) is 6.01. The average molecular weight is 487 g/mol. The monoisotopic (exact) mass is 486 g/mol. The molecule has 0 unspecified atom stereocenters. The molecule has 4 amide bonds. The number of imide groups is 2. The first kappa shape index (κ1) is 22.4. The second-order valence-corrected chi connectivity index (χ2v) is 8.27. The second kappa shape index (κ2) is 9.48. The lowest BCUT2D eigenvalue weighted by Crippen LogP contribution is -2.53. The number of carbonyl (C=O) groups is 3. The average Bonchev–Trinajstić information content (AvgIpc) is 3.37. The van der Waals surface area contributed by atoms with Crippen molar-refractivity contribution in [3.63, 3.8) is 0 Å². The Kier molecular flexibility index (Phi) is 6.08. The molecular formula is C27H19ClN2O5. The number of fused-ring (bicyclic) bond motifs is 1. The number of nitrogens with one attached hydrogen (secondary N) is 1. The van der Waals surface area contributed by atoms with Crippen LogP contribution in [0.2, 0.25) is 5.02 Å². The summed E-state index contributed by atoms with van der Waals surface area (Å²) in [6, 6.07) is 21.1. The highest BCUT2D eigenvalue weighted by molar-refractivity contribution is 6.31. The van der Waals surface area contributed by atoms with Gasteiger partial charge in [0.05, 0.1) is 12.8 Å². The number of rotatable bonds is 6. The van der Waals surface area contributed by atoms with Crippen LogP contribution in [0.3, 0.4) is 0 Å². The van der Waals surface area contributed by atoms with Crippen molar-refractivity contribution in [3.8, 4) is 5.75 Å². The predicted molar refractivity (Wildman–Crippen MR) is 131 cm³/mol. The van der Waals surface area contributed by atoms with Crippen molar-refractivity contribution in [2.24, 2.45) is 0 Å². The van der Waals surface area contributed by atoms with Gasteiger partial charge in [-0.15, -0.1) is 0 Å². The van der Waals surface area contributed by atoms with Crippen LogP contribution in [-0.4, -0.2) is 22.7 Å². The van der Waals surface area contributed by atoms with Gasteiger partial charge in [0.25, 0.3) is 11.8 Å². The van der Waals surface area contributed by atoms with Crippen molar-refractivity contribution in [1.29, 1.82) is 0 Å². The van der Waals surface area contributed by atoms with Gasteiger partial charge < -0.3 is 9.15 Å². The highest BCUT2D eigenvalue weighted by Crippen LogP contribution is 2.32. The summed E-state index contributed by atoms with van der Waals surface area (Å²) in [5.41, 5.74) is 1.15. The van der Waals surface area contributed by atoms with E-state index >= 15 is 0 Å². The number of ether oxygens (including phenoxy) is 1. The lowest BCUT2D eigenvalue weighted by molar-refractivity contribution is -0.130. The molecule has 1 aliphatic heterocycles. The molecule has 1 aliphatic rings. The van der Waals surface area contributed by atoms with Gasteiger partial charge in [-0.25, -0.2) is 4.79 Å². The molecule has 4 aromatic rings. The number of urea groups is 1. The Balaban J connectivity index is 1.55. The number of carbonyl (C=O) groups excluding carboxylic acids is 3. The van der Waals surface area contributed by atoms with Gasteiger partial charge in [-0.1, -0.05) is 60.1 Å². The third kappa shape index (κ3) is 4.54. The van der Waals surface area contributed by atoms with E-state index in [9.17, 15) is 14.4 Å². The molecule has 0 radical (unpaired) electrons. The molecule has 1 N–H and O–H groups in total. The van der Waals surface area contributed by atoms with Crippen LogP contribution in [0.1, 0.15) is 16.9 Å². The van der Waals surface area contributed by atoms with Gasteiger partial charge in [0.15, 0.2) is 0 Å². The van der Waals surface area contributed by atoms with Crippen molar-refractivity contribution in [1.82, 2.24) is 10.2 Å². The molecule has 0 atom stereocenters. The summed E-state index contributed by atoms with van der Waals surface area (Å²) in [5, 5.41) is 4.49. The van der Waals surface area contributed by atoms with E-state index in [4.69, 9.17) is 20.8 Å². The molecule has 0 aliphatic carbocycles. The van der Waals surface area contributed by atoms with E-state index in [2.05, 4.69) is 5.32 Å². The highest BCUT2D eigenvalue weighted by Gasteiger charge is 2.36. The lowest BCUT2D eigenvalue weighted by Gasteiger charge is -2.25. The van der Waals surface area contributed by atoms with Gasteiger partial charge in [-0.05, 0) is 41.1 Å². The minimum atomic E-state index is -0.804. The maximum absolute atomic E-state index is 13.2. The third-order valence-electron chi connectivity index (χ3n) is 5.64. The first-order valence-electron chi connectivity index (χ1n) is 10.8. The normalized spacial score (nSPS) is 15.1. The summed E-state index contributed by atoms with van der Waals surface area (Å²) in [6.45, 7) is 0.0884. The lowest BCUT2D eigenvalue weighted by atomic mass is 9.99. The van der Waals surface area contributed by atoms with Gasteiger partial charge in [-0.2, -0.15) is 0 Å². The summed E-state index contributed by atoms with van der Waals surface area (Å²) in [7, 11) is 0. The van der Waals surface area contributed by atoms with Gasteiger partial charge in [0.2, 0.25) is 0 Å². The van der Waals surface area contributed by atoms with Crippen molar-refractivity contribution in [3.05, 3.63) is 107 Å². The van der Waals surface area contributed by atoms with E-state index < -0.39 is 17.8 Å². The Bertz CT molecular complexity index is 1480. The van der Waals surface area contributed by atoms with E-state index in [1.165, 1.54) is 12.3 Å². The minimum absolute atomic E-state index is 0.103. The van der Waals surface area contributed by atoms with Crippen LogP contribution in [0, 0.1) is 0 Å². The van der Waals surface area contributed by atoms with Gasteiger partial charge >= 0.3 is 6.03 Å². The molecule has 3 aromatic carbocycles. The molecule has 5 rings (SSSR count). The van der Waals surface area contributed by atoms with Crippen LogP contribution in [0.4, 0.5) is 4.79 Å². The number of hydrogen-bond acceptors (Lipinski definition) is 5. The Morgan fingerprint density at radius 2 is 1.74 bits per heavy atom. The number of hydrogen-bond donors (Lipinski definition) is 1. The summed E-state index contributed by atoms with van der Waals surface area (Å²) in [6.07, 6.45) is 2.91. The summed E-state index contributed by atoms with van der Waals surface area (Å²) >= 11 is 6.27. The zero-order chi connectivity index (χ0) is 24.4. The minimum Gasteiger partial charge on any atom is -0.488 e. The molecule has 0 saturated carbocycles. The molecule has 2 heterocycles. The number of furan rings is 1. The smallest absolute Gasteiger partial charge is 0.331 e. The Hall–Kier alpha value is -4.36. The van der Waals surface area contributed by atoms with Crippen LogP contribution in [0.5, 0.6) is 5.75 Å². The predicted octanol–water partition coefficient (Wildman–Crippen LogP) is 5.33. The van der Waals surface area contributed by atoms with Gasteiger partial charge in [0, 0.05) is 16.1 Å². The summed E-state index contributed by atoms with van der Waals surface area (Å²) in [4.78, 5) is 39.2. The standard InChI is InChI=1S/C27H19ClN2O5/c28-23-10-4-2-7-18(23)16-35-24-12-11-17-6-1-3-9-20(17)21(24)14-22-25(31)29-27(33)30(26(22)32)15-19-8-5-13-34-19/h1-14H,15-16H2,(H,29,31,33). The molecule has 8 heteroatoms. The van der Waals surface area contributed by atoms with Crippen molar-refractivity contribution in [2.75, 3.05) is 0 Å². The largest absolute Gasteiger partial charge is 0.488 e. The number of nitrogens with zero attached hydrogens (tertiary/aromatic N) is 1. The molecule has 1 aromatic heterocycles. The number of benzene rings is 3. The quantitative estimate of drug-likeness (QED) is 0.294. The molecule has 1 saturated heterocycles. The van der Waals surface area contributed by atoms with Crippen molar-refractivity contribution < 1.29 is 23.5 Å². The van der Waals surface area contributed by atoms with Crippen LogP contribution in [0.15, 0.2) is 89.0 Å². The van der Waals surface area contributed by atoms with Crippen LogP contribution in [-0.2, 0) is 22.7 Å². The maximum atomic E-state index is 13.2. The molecule has 1 fully saturated rings. The van der Waals surface area contributed by atoms with Gasteiger partial charge in [0.1, 0.15) is 23.7 Å². The van der Waals surface area contributed by atoms with Crippen LogP contribution in [0.25, 0.3) is 16.8 Å². The summed E-state index contributed by atoms with van der Waals surface area (Å²) in [5.74, 6) is -0.622. The second-order valence-electron chi connectivity index (χ2n) is 7.87. The Labute approximate surface area is 205 Å². The van der Waals surface area contributed by atoms with E-state index in [0.29, 0.717) is 22.1 Å².